The Bertz CT molecular complexity index is 736. The lowest BCUT2D eigenvalue weighted by Crippen LogP contribution is -2.18. The van der Waals surface area contributed by atoms with Gasteiger partial charge in [0.2, 0.25) is 0 Å². The van der Waals surface area contributed by atoms with E-state index in [1.54, 1.807) is 0 Å². The SMILES string of the molecule is CCOC(=O)c1cnn(-c2cc(Cl)c(Cl)c(Cl)c2)c1C(F)(F)F. The van der Waals surface area contributed by atoms with E-state index >= 15 is 0 Å². The standard InChI is InChI=1S/C13H8Cl3F3N2O2/c1-2-23-12(22)7-5-20-21(11(7)13(17,18)19)6-3-8(14)10(16)9(15)4-6/h3-5H,2H2,1H3. The van der Waals surface area contributed by atoms with E-state index in [1.165, 1.54) is 6.92 Å². The molecule has 0 aliphatic rings. The average Bonchev–Trinajstić information content (AvgIpc) is 2.89. The number of alkyl halides is 3. The van der Waals surface area contributed by atoms with Gasteiger partial charge in [-0.05, 0) is 19.1 Å². The van der Waals surface area contributed by atoms with Gasteiger partial charge in [0.15, 0.2) is 5.69 Å². The van der Waals surface area contributed by atoms with E-state index in [1.807, 2.05) is 0 Å². The molecule has 0 radical (unpaired) electrons. The second-order valence-corrected chi connectivity index (χ2v) is 5.45. The minimum atomic E-state index is -4.85. The number of ether oxygens (including phenoxy) is 1. The van der Waals surface area contributed by atoms with Crippen molar-refractivity contribution in [3.8, 4) is 5.69 Å². The van der Waals surface area contributed by atoms with Crippen molar-refractivity contribution in [2.45, 2.75) is 13.1 Å². The van der Waals surface area contributed by atoms with E-state index in [9.17, 15) is 18.0 Å². The van der Waals surface area contributed by atoms with Crippen LogP contribution in [0.5, 0.6) is 0 Å². The van der Waals surface area contributed by atoms with E-state index in [0.29, 0.717) is 4.68 Å². The summed E-state index contributed by atoms with van der Waals surface area (Å²) in [6.07, 6.45) is -4.07. The lowest BCUT2D eigenvalue weighted by molar-refractivity contribution is -0.143. The minimum absolute atomic E-state index is 0.00316. The lowest BCUT2D eigenvalue weighted by atomic mass is 10.2. The van der Waals surface area contributed by atoms with Gasteiger partial charge in [-0.2, -0.15) is 18.3 Å². The quantitative estimate of drug-likeness (QED) is 0.548. The molecule has 4 nitrogen and oxygen atoms in total. The smallest absolute Gasteiger partial charge is 0.434 e. The van der Waals surface area contributed by atoms with E-state index in [0.717, 1.165) is 18.3 Å². The van der Waals surface area contributed by atoms with Crippen LogP contribution in [0.1, 0.15) is 23.0 Å². The molecule has 0 atom stereocenters. The first-order valence-corrected chi connectivity index (χ1v) is 7.27. The van der Waals surface area contributed by atoms with Crippen molar-refractivity contribution in [2.24, 2.45) is 0 Å². The molecule has 0 N–H and O–H groups in total. The maximum absolute atomic E-state index is 13.3. The minimum Gasteiger partial charge on any atom is -0.462 e. The van der Waals surface area contributed by atoms with Crippen LogP contribution in [0.4, 0.5) is 13.2 Å². The first kappa shape index (κ1) is 17.9. The van der Waals surface area contributed by atoms with Crippen molar-refractivity contribution in [3.05, 3.63) is 44.7 Å². The Labute approximate surface area is 143 Å². The Morgan fingerprint density at radius 3 is 2.30 bits per heavy atom. The van der Waals surface area contributed by atoms with E-state index in [2.05, 4.69) is 9.84 Å². The first-order valence-electron chi connectivity index (χ1n) is 6.14. The van der Waals surface area contributed by atoms with Crippen LogP contribution in [-0.2, 0) is 10.9 Å². The second-order valence-electron chi connectivity index (χ2n) is 4.26. The van der Waals surface area contributed by atoms with Crippen LogP contribution >= 0.6 is 34.8 Å². The predicted molar refractivity (Wildman–Crippen MR) is 79.6 cm³/mol. The van der Waals surface area contributed by atoms with Crippen molar-refractivity contribution in [1.82, 2.24) is 9.78 Å². The number of rotatable bonds is 3. The van der Waals surface area contributed by atoms with Crippen molar-refractivity contribution < 1.29 is 22.7 Å². The van der Waals surface area contributed by atoms with Gasteiger partial charge in [0, 0.05) is 0 Å². The van der Waals surface area contributed by atoms with Crippen LogP contribution in [0.3, 0.4) is 0 Å². The summed E-state index contributed by atoms with van der Waals surface area (Å²) in [5, 5.41) is 3.51. The molecule has 2 rings (SSSR count). The molecule has 0 saturated carbocycles. The number of benzene rings is 1. The van der Waals surface area contributed by atoms with Gasteiger partial charge in [-0.25, -0.2) is 9.48 Å². The molecule has 0 fully saturated rings. The highest BCUT2D eigenvalue weighted by Crippen LogP contribution is 2.37. The zero-order valence-electron chi connectivity index (χ0n) is 11.4. The number of carbonyl (C=O) groups is 1. The first-order chi connectivity index (χ1) is 10.7. The summed E-state index contributed by atoms with van der Waals surface area (Å²) in [7, 11) is 0. The fraction of sp³-hybridized carbons (Fsp3) is 0.231. The third-order valence-corrected chi connectivity index (χ3v) is 3.94. The second kappa shape index (κ2) is 6.59. The predicted octanol–water partition coefficient (Wildman–Crippen LogP) is 5.03. The number of hydrogen-bond acceptors (Lipinski definition) is 3. The maximum atomic E-state index is 13.3. The summed E-state index contributed by atoms with van der Waals surface area (Å²) in [6, 6.07) is 2.32. The maximum Gasteiger partial charge on any atom is 0.434 e. The van der Waals surface area contributed by atoms with Gasteiger partial charge in [0.25, 0.3) is 0 Å². The molecule has 0 spiro atoms. The third kappa shape index (κ3) is 3.57. The van der Waals surface area contributed by atoms with Gasteiger partial charge in [-0.1, -0.05) is 34.8 Å². The summed E-state index contributed by atoms with van der Waals surface area (Å²) in [5.74, 6) is -1.13. The molecule has 0 aliphatic carbocycles. The molecule has 10 heteroatoms. The van der Waals surface area contributed by atoms with Gasteiger partial charge in [0.1, 0.15) is 5.56 Å². The zero-order chi connectivity index (χ0) is 17.4. The van der Waals surface area contributed by atoms with Crippen LogP contribution in [0.15, 0.2) is 18.3 Å². The van der Waals surface area contributed by atoms with Crippen molar-refractivity contribution in [1.29, 1.82) is 0 Å². The van der Waals surface area contributed by atoms with Crippen molar-refractivity contribution >= 4 is 40.8 Å². The number of hydrogen-bond donors (Lipinski definition) is 0. The summed E-state index contributed by atoms with van der Waals surface area (Å²) in [5.41, 5.74) is -2.08. The van der Waals surface area contributed by atoms with Gasteiger partial charge in [-0.15, -0.1) is 0 Å². The largest absolute Gasteiger partial charge is 0.462 e. The molecular formula is C13H8Cl3F3N2O2. The highest BCUT2D eigenvalue weighted by Gasteiger charge is 2.41. The Hall–Kier alpha value is -1.44. The summed E-state index contributed by atoms with van der Waals surface area (Å²) >= 11 is 17.4. The van der Waals surface area contributed by atoms with Crippen LogP contribution in [0, 0.1) is 0 Å². The topological polar surface area (TPSA) is 44.1 Å². The Morgan fingerprint density at radius 2 is 1.83 bits per heavy atom. The molecule has 23 heavy (non-hydrogen) atoms. The van der Waals surface area contributed by atoms with E-state index in [4.69, 9.17) is 34.8 Å². The summed E-state index contributed by atoms with van der Waals surface area (Å²) in [6.45, 7) is 1.41. The average molecular weight is 388 g/mol. The Kier molecular flexibility index (Phi) is 5.13. The number of aromatic nitrogens is 2. The Balaban J connectivity index is 2.67. The fourth-order valence-electron chi connectivity index (χ4n) is 1.84. The molecule has 0 bridgehead atoms. The number of nitrogens with zero attached hydrogens (tertiary/aromatic N) is 2. The highest BCUT2D eigenvalue weighted by molar-refractivity contribution is 6.48. The summed E-state index contributed by atoms with van der Waals surface area (Å²) in [4.78, 5) is 11.7. The molecule has 2 aromatic rings. The molecule has 1 aromatic carbocycles. The van der Waals surface area contributed by atoms with Crippen LogP contribution < -0.4 is 0 Å². The normalized spacial score (nSPS) is 11.6. The lowest BCUT2D eigenvalue weighted by Gasteiger charge is -2.13. The monoisotopic (exact) mass is 386 g/mol. The van der Waals surface area contributed by atoms with Crippen LogP contribution in [-0.4, -0.2) is 22.4 Å². The molecular weight excluding hydrogens is 380 g/mol. The Morgan fingerprint density at radius 1 is 1.26 bits per heavy atom. The summed E-state index contributed by atoms with van der Waals surface area (Å²) < 4.78 is 45.2. The molecule has 1 heterocycles. The molecule has 124 valence electrons. The molecule has 0 unspecified atom stereocenters. The van der Waals surface area contributed by atoms with Crippen LogP contribution in [0.25, 0.3) is 5.69 Å². The van der Waals surface area contributed by atoms with E-state index in [-0.39, 0.29) is 27.4 Å². The van der Waals surface area contributed by atoms with Gasteiger partial charge < -0.3 is 4.74 Å². The third-order valence-electron chi connectivity index (χ3n) is 2.75. The number of esters is 1. The number of halogens is 6. The van der Waals surface area contributed by atoms with E-state index < -0.39 is 23.4 Å². The fourth-order valence-corrected chi connectivity index (χ4v) is 2.42. The zero-order valence-corrected chi connectivity index (χ0v) is 13.7. The molecule has 0 amide bonds. The molecule has 1 aromatic heterocycles. The van der Waals surface area contributed by atoms with Gasteiger partial charge >= 0.3 is 12.1 Å². The molecule has 0 aliphatic heterocycles. The van der Waals surface area contributed by atoms with Gasteiger partial charge in [-0.3, -0.25) is 0 Å². The molecule has 0 saturated heterocycles. The van der Waals surface area contributed by atoms with Gasteiger partial charge in [0.05, 0.1) is 33.6 Å². The van der Waals surface area contributed by atoms with Crippen molar-refractivity contribution in [2.75, 3.05) is 6.61 Å². The van der Waals surface area contributed by atoms with Crippen LogP contribution in [0.2, 0.25) is 15.1 Å². The van der Waals surface area contributed by atoms with Crippen molar-refractivity contribution in [3.63, 3.8) is 0 Å². The number of carbonyl (C=O) groups excluding carboxylic acids is 1. The highest BCUT2D eigenvalue weighted by atomic mass is 35.5.